The van der Waals surface area contributed by atoms with E-state index in [-0.39, 0.29) is 40.3 Å². The number of rotatable bonds is 10. The maximum atomic E-state index is 13.8. The molecule has 0 bridgehead atoms. The van der Waals surface area contributed by atoms with Crippen molar-refractivity contribution in [2.45, 2.75) is 50.5 Å². The van der Waals surface area contributed by atoms with Crippen molar-refractivity contribution in [1.29, 1.82) is 0 Å². The summed E-state index contributed by atoms with van der Waals surface area (Å²) in [5, 5.41) is 12.9. The lowest BCUT2D eigenvalue weighted by atomic mass is 10.0. The van der Waals surface area contributed by atoms with Gasteiger partial charge in [0.25, 0.3) is 15.9 Å². The molecular formula is C24H29FN2O6S. The molecule has 0 aliphatic heterocycles. The van der Waals surface area contributed by atoms with E-state index in [0.717, 1.165) is 6.42 Å². The molecule has 1 aliphatic rings. The minimum absolute atomic E-state index is 0.0281. The molecule has 0 spiro atoms. The summed E-state index contributed by atoms with van der Waals surface area (Å²) in [4.78, 5) is 12.3. The van der Waals surface area contributed by atoms with Gasteiger partial charge in [-0.1, -0.05) is 18.2 Å². The van der Waals surface area contributed by atoms with E-state index >= 15 is 0 Å². The second-order valence-electron chi connectivity index (χ2n) is 8.30. The number of sulfonamides is 1. The monoisotopic (exact) mass is 492 g/mol. The third-order valence-corrected chi connectivity index (χ3v) is 6.39. The third kappa shape index (κ3) is 6.71. The molecule has 184 valence electrons. The van der Waals surface area contributed by atoms with Gasteiger partial charge in [0.2, 0.25) is 5.85 Å². The molecule has 2 aromatic rings. The van der Waals surface area contributed by atoms with Crippen LogP contribution in [0.4, 0.5) is 15.8 Å². The number of ether oxygens (including phenoxy) is 2. The Labute approximate surface area is 198 Å². The lowest BCUT2D eigenvalue weighted by molar-refractivity contribution is -0.125. The van der Waals surface area contributed by atoms with Gasteiger partial charge in [0, 0.05) is 37.6 Å². The maximum absolute atomic E-state index is 13.8. The Morgan fingerprint density at radius 3 is 2.65 bits per heavy atom. The maximum Gasteiger partial charge on any atom is 0.265 e. The summed E-state index contributed by atoms with van der Waals surface area (Å²) in [7, 11) is -4.10. The summed E-state index contributed by atoms with van der Waals surface area (Å²) in [6, 6.07) is 10.0. The molecule has 0 fully saturated rings. The number of carbonyl (C=O) groups is 1. The average molecular weight is 493 g/mol. The Bertz CT molecular complexity index is 1160. The smallest absolute Gasteiger partial charge is 0.265 e. The number of carbonyl (C=O) groups excluding carboxylic acids is 1. The Morgan fingerprint density at radius 1 is 1.24 bits per heavy atom. The average Bonchev–Trinajstić information content (AvgIpc) is 3.27. The number of aliphatic hydroxyl groups excluding tert-OH is 1. The molecule has 34 heavy (non-hydrogen) atoms. The number of halogens is 1. The first-order chi connectivity index (χ1) is 16.0. The minimum Gasteiger partial charge on any atom is -0.492 e. The van der Waals surface area contributed by atoms with Gasteiger partial charge in [0.05, 0.1) is 12.3 Å². The predicted molar refractivity (Wildman–Crippen MR) is 127 cm³/mol. The number of alkyl halides is 1. The van der Waals surface area contributed by atoms with E-state index in [9.17, 15) is 22.7 Å². The van der Waals surface area contributed by atoms with Crippen molar-refractivity contribution in [3.63, 3.8) is 0 Å². The molecule has 10 heteroatoms. The number of nitrogens with one attached hydrogen (secondary N) is 2. The number of aliphatic hydroxyl groups is 1. The molecule has 2 aromatic carbocycles. The van der Waals surface area contributed by atoms with E-state index in [0.29, 0.717) is 6.42 Å². The highest BCUT2D eigenvalue weighted by Gasteiger charge is 2.27. The van der Waals surface area contributed by atoms with E-state index in [2.05, 4.69) is 10.0 Å². The van der Waals surface area contributed by atoms with Gasteiger partial charge in [0.1, 0.15) is 22.5 Å². The highest BCUT2D eigenvalue weighted by atomic mass is 32.2. The molecule has 8 nitrogen and oxygen atoms in total. The molecule has 2 unspecified atom stereocenters. The van der Waals surface area contributed by atoms with Gasteiger partial charge >= 0.3 is 0 Å². The molecule has 0 radical (unpaired) electrons. The molecule has 3 rings (SSSR count). The number of allylic oxidation sites excluding steroid dienone is 1. The van der Waals surface area contributed by atoms with Crippen LogP contribution in [0.3, 0.4) is 0 Å². The summed E-state index contributed by atoms with van der Waals surface area (Å²) in [6.07, 6.45) is 4.02. The number of benzene rings is 2. The summed E-state index contributed by atoms with van der Waals surface area (Å²) in [5.41, 5.74) is 0.461. The van der Waals surface area contributed by atoms with Crippen LogP contribution in [0.15, 0.2) is 59.5 Å². The van der Waals surface area contributed by atoms with Crippen LogP contribution in [0.2, 0.25) is 0 Å². The Hall–Kier alpha value is -3.11. The first-order valence-corrected chi connectivity index (χ1v) is 12.4. The van der Waals surface area contributed by atoms with Gasteiger partial charge in [-0.15, -0.1) is 0 Å². The number of hydrogen-bond acceptors (Lipinski definition) is 6. The van der Waals surface area contributed by atoms with E-state index in [4.69, 9.17) is 9.47 Å². The van der Waals surface area contributed by atoms with E-state index in [1.165, 1.54) is 56.3 Å². The van der Waals surface area contributed by atoms with E-state index < -0.39 is 27.9 Å². The normalized spacial score (nSPS) is 16.7. The molecule has 0 saturated heterocycles. The molecule has 3 N–H and O–H groups in total. The molecular weight excluding hydrogens is 463 g/mol. The van der Waals surface area contributed by atoms with Crippen LogP contribution in [0.5, 0.6) is 11.5 Å². The third-order valence-electron chi connectivity index (χ3n) is 4.97. The lowest BCUT2D eigenvalue weighted by Crippen LogP contribution is -2.33. The van der Waals surface area contributed by atoms with Crippen molar-refractivity contribution in [3.8, 4) is 11.5 Å². The molecule has 1 amide bonds. The van der Waals surface area contributed by atoms with Gasteiger partial charge in [-0.3, -0.25) is 9.52 Å². The number of hydrogen-bond donors (Lipinski definition) is 3. The van der Waals surface area contributed by atoms with Crippen LogP contribution in [-0.4, -0.2) is 38.0 Å². The fourth-order valence-electron chi connectivity index (χ4n) is 3.52. The zero-order valence-corrected chi connectivity index (χ0v) is 20.1. The highest BCUT2D eigenvalue weighted by Crippen LogP contribution is 2.31. The van der Waals surface area contributed by atoms with Crippen molar-refractivity contribution in [2.24, 2.45) is 5.92 Å². The minimum atomic E-state index is -4.10. The summed E-state index contributed by atoms with van der Waals surface area (Å²) >= 11 is 0. The Morgan fingerprint density at radius 2 is 2.00 bits per heavy atom. The fraction of sp³-hybridized carbons (Fsp3) is 0.375. The van der Waals surface area contributed by atoms with Crippen molar-refractivity contribution in [2.75, 3.05) is 16.6 Å². The topological polar surface area (TPSA) is 114 Å². The van der Waals surface area contributed by atoms with Gasteiger partial charge in [-0.25, -0.2) is 8.42 Å². The summed E-state index contributed by atoms with van der Waals surface area (Å²) in [5.74, 6) is -2.58. The van der Waals surface area contributed by atoms with Crippen LogP contribution in [-0.2, 0) is 14.8 Å². The second kappa shape index (κ2) is 10.4. The van der Waals surface area contributed by atoms with Crippen molar-refractivity contribution >= 4 is 27.3 Å². The lowest BCUT2D eigenvalue weighted by Gasteiger charge is -2.19. The number of amides is 1. The van der Waals surface area contributed by atoms with Crippen LogP contribution in [0, 0.1) is 5.92 Å². The van der Waals surface area contributed by atoms with Gasteiger partial charge in [-0.05, 0) is 44.0 Å². The highest BCUT2D eigenvalue weighted by molar-refractivity contribution is 7.92. The largest absolute Gasteiger partial charge is 0.492 e. The zero-order chi connectivity index (χ0) is 24.9. The van der Waals surface area contributed by atoms with Crippen LogP contribution in [0.1, 0.15) is 33.6 Å². The molecule has 2 atom stereocenters. The first-order valence-electron chi connectivity index (χ1n) is 10.9. The summed E-state index contributed by atoms with van der Waals surface area (Å²) in [6.45, 7) is 4.36. The van der Waals surface area contributed by atoms with Crippen LogP contribution in [0.25, 0.3) is 0 Å². The van der Waals surface area contributed by atoms with Gasteiger partial charge in [0.15, 0.2) is 0 Å². The van der Waals surface area contributed by atoms with Crippen molar-refractivity contribution in [3.05, 3.63) is 54.6 Å². The van der Waals surface area contributed by atoms with Gasteiger partial charge in [-0.2, -0.15) is 4.39 Å². The predicted octanol–water partition coefficient (Wildman–Crippen LogP) is 4.24. The molecule has 1 aliphatic carbocycles. The Kier molecular flexibility index (Phi) is 7.83. The van der Waals surface area contributed by atoms with E-state index in [1.807, 2.05) is 12.2 Å². The molecule has 0 aromatic heterocycles. The Balaban J connectivity index is 1.80. The quantitative estimate of drug-likeness (QED) is 0.428. The van der Waals surface area contributed by atoms with Crippen molar-refractivity contribution in [1.82, 2.24) is 0 Å². The first kappa shape index (κ1) is 25.5. The van der Waals surface area contributed by atoms with Crippen LogP contribution < -0.4 is 19.5 Å². The van der Waals surface area contributed by atoms with Gasteiger partial charge < -0.3 is 19.9 Å². The number of anilines is 2. The standard InChI is InChI=1S/C24H29FN2O6S/c1-4-32-20-15-17(26-23(29)22(28)16-8-5-6-9-16)12-13-21(20)34(30,31)27-18-10-7-11-19(14-18)33-24(2,3)25/h5,7-8,10-16,22,27-28H,4,6,9H2,1-3H3,(H,26,29). The second-order valence-corrected chi connectivity index (χ2v) is 9.95. The van der Waals surface area contributed by atoms with Crippen LogP contribution >= 0.6 is 0 Å². The van der Waals surface area contributed by atoms with Crippen molar-refractivity contribution < 1.29 is 32.2 Å². The fourth-order valence-corrected chi connectivity index (χ4v) is 4.70. The SMILES string of the molecule is CCOc1cc(NC(=O)C(O)C2C=CCC2)ccc1S(=O)(=O)Nc1cccc(OC(C)(C)F)c1. The molecule has 0 heterocycles. The molecule has 0 saturated carbocycles. The zero-order valence-electron chi connectivity index (χ0n) is 19.2. The van der Waals surface area contributed by atoms with E-state index in [1.54, 1.807) is 6.92 Å². The summed E-state index contributed by atoms with van der Waals surface area (Å²) < 4.78 is 53.0.